The number of carbonyl (C=O) groups excluding carboxylic acids is 2. The maximum atomic E-state index is 12.5. The first-order valence-electron chi connectivity index (χ1n) is 6.50. The van der Waals surface area contributed by atoms with Crippen molar-refractivity contribution >= 4 is 23.5 Å². The van der Waals surface area contributed by atoms with E-state index in [-0.39, 0.29) is 28.8 Å². The lowest BCUT2D eigenvalue weighted by atomic mass is 10.1. The number of hydrogen-bond acceptors (Lipinski definition) is 4. The molecule has 1 aliphatic heterocycles. The van der Waals surface area contributed by atoms with Crippen LogP contribution in [-0.4, -0.2) is 41.1 Å². The molecule has 6 heteroatoms. The monoisotopic (exact) mass is 297 g/mol. The van der Waals surface area contributed by atoms with Crippen LogP contribution >= 0.6 is 11.6 Å². The highest BCUT2D eigenvalue weighted by Crippen LogP contribution is 2.27. The van der Waals surface area contributed by atoms with E-state index in [4.69, 9.17) is 16.3 Å². The predicted octanol–water partition coefficient (Wildman–Crippen LogP) is 2.21. The molecule has 0 bridgehead atoms. The van der Waals surface area contributed by atoms with E-state index in [0.717, 1.165) is 6.42 Å². The van der Waals surface area contributed by atoms with Gasteiger partial charge in [-0.25, -0.2) is 4.79 Å². The zero-order valence-electron chi connectivity index (χ0n) is 11.1. The summed E-state index contributed by atoms with van der Waals surface area (Å²) in [6.45, 7) is 2.49. The first kappa shape index (κ1) is 14.7. The van der Waals surface area contributed by atoms with Crippen molar-refractivity contribution in [2.45, 2.75) is 25.8 Å². The van der Waals surface area contributed by atoms with Gasteiger partial charge in [-0.05, 0) is 38.0 Å². The molecule has 1 fully saturated rings. The Morgan fingerprint density at radius 2 is 2.25 bits per heavy atom. The van der Waals surface area contributed by atoms with E-state index in [0.29, 0.717) is 13.0 Å². The van der Waals surface area contributed by atoms with Gasteiger partial charge in [-0.2, -0.15) is 0 Å². The van der Waals surface area contributed by atoms with Crippen molar-refractivity contribution < 1.29 is 19.4 Å². The highest BCUT2D eigenvalue weighted by Gasteiger charge is 2.36. The first-order valence-corrected chi connectivity index (χ1v) is 6.88. The van der Waals surface area contributed by atoms with Crippen molar-refractivity contribution in [2.75, 3.05) is 13.2 Å². The summed E-state index contributed by atoms with van der Waals surface area (Å²) >= 11 is 5.98. The molecule has 1 N–H and O–H groups in total. The van der Waals surface area contributed by atoms with Crippen molar-refractivity contribution in [1.29, 1.82) is 0 Å². The molecule has 0 saturated carbocycles. The number of amides is 1. The van der Waals surface area contributed by atoms with Crippen LogP contribution in [0.2, 0.25) is 5.02 Å². The van der Waals surface area contributed by atoms with Crippen molar-refractivity contribution in [3.63, 3.8) is 0 Å². The topological polar surface area (TPSA) is 66.8 Å². The van der Waals surface area contributed by atoms with E-state index in [9.17, 15) is 14.7 Å². The van der Waals surface area contributed by atoms with Gasteiger partial charge in [0.15, 0.2) is 0 Å². The van der Waals surface area contributed by atoms with Gasteiger partial charge in [0.1, 0.15) is 11.8 Å². The lowest BCUT2D eigenvalue weighted by molar-refractivity contribution is -0.147. The van der Waals surface area contributed by atoms with E-state index in [2.05, 4.69) is 0 Å². The Hall–Kier alpha value is -1.75. The van der Waals surface area contributed by atoms with Crippen molar-refractivity contribution in [1.82, 2.24) is 4.90 Å². The van der Waals surface area contributed by atoms with Gasteiger partial charge in [0.25, 0.3) is 5.91 Å². The highest BCUT2D eigenvalue weighted by atomic mass is 35.5. The third-order valence-electron chi connectivity index (χ3n) is 3.25. The Kier molecular flexibility index (Phi) is 4.49. The average Bonchev–Trinajstić information content (AvgIpc) is 2.90. The predicted molar refractivity (Wildman–Crippen MR) is 73.8 cm³/mol. The standard InChI is InChI=1S/C14H16ClNO4/c1-2-20-14(19)12-4-3-7-16(12)13(18)10-8-9(17)5-6-11(10)15/h5-6,8,12,17H,2-4,7H2,1H3. The molecule has 1 aromatic carbocycles. The summed E-state index contributed by atoms with van der Waals surface area (Å²) in [5, 5.41) is 9.72. The summed E-state index contributed by atoms with van der Waals surface area (Å²) in [4.78, 5) is 25.8. The molecule has 0 aromatic heterocycles. The Morgan fingerprint density at radius 3 is 2.95 bits per heavy atom. The van der Waals surface area contributed by atoms with E-state index >= 15 is 0 Å². The van der Waals surface area contributed by atoms with E-state index in [1.54, 1.807) is 6.92 Å². The minimum atomic E-state index is -0.569. The SMILES string of the molecule is CCOC(=O)C1CCCN1C(=O)c1cc(O)ccc1Cl. The number of benzene rings is 1. The summed E-state index contributed by atoms with van der Waals surface area (Å²) in [7, 11) is 0. The quantitative estimate of drug-likeness (QED) is 0.869. The summed E-state index contributed by atoms with van der Waals surface area (Å²) in [6.07, 6.45) is 1.33. The normalized spacial score (nSPS) is 18.1. The molecule has 1 amide bonds. The molecule has 1 heterocycles. The van der Waals surface area contributed by atoms with Crippen LogP contribution < -0.4 is 0 Å². The Morgan fingerprint density at radius 1 is 1.50 bits per heavy atom. The van der Waals surface area contributed by atoms with E-state index in [1.165, 1.54) is 23.1 Å². The second-order valence-electron chi connectivity index (χ2n) is 4.57. The van der Waals surface area contributed by atoms with Crippen LogP contribution in [0.3, 0.4) is 0 Å². The highest BCUT2D eigenvalue weighted by molar-refractivity contribution is 6.34. The van der Waals surface area contributed by atoms with Gasteiger partial charge in [0, 0.05) is 6.54 Å². The first-order chi connectivity index (χ1) is 9.54. The second kappa shape index (κ2) is 6.13. The number of phenolic OH excluding ortho intramolecular Hbond substituents is 1. The Labute approximate surface area is 122 Å². The molecule has 5 nitrogen and oxygen atoms in total. The Balaban J connectivity index is 2.23. The third-order valence-corrected chi connectivity index (χ3v) is 3.58. The van der Waals surface area contributed by atoms with Crippen LogP contribution in [0, 0.1) is 0 Å². The van der Waals surface area contributed by atoms with Crippen molar-refractivity contribution in [3.05, 3.63) is 28.8 Å². The van der Waals surface area contributed by atoms with E-state index < -0.39 is 12.0 Å². The lowest BCUT2D eigenvalue weighted by Gasteiger charge is -2.23. The molecule has 0 radical (unpaired) electrons. The van der Waals surface area contributed by atoms with Crippen LogP contribution in [0.4, 0.5) is 0 Å². The zero-order chi connectivity index (χ0) is 14.7. The number of hydrogen-bond donors (Lipinski definition) is 1. The van der Waals surface area contributed by atoms with Gasteiger partial charge in [-0.1, -0.05) is 11.6 Å². The van der Waals surface area contributed by atoms with Crippen LogP contribution in [0.15, 0.2) is 18.2 Å². The largest absolute Gasteiger partial charge is 0.508 e. The van der Waals surface area contributed by atoms with Gasteiger partial charge in [0.2, 0.25) is 0 Å². The number of esters is 1. The lowest BCUT2D eigenvalue weighted by Crippen LogP contribution is -2.41. The van der Waals surface area contributed by atoms with Gasteiger partial charge in [-0.3, -0.25) is 4.79 Å². The number of aromatic hydroxyl groups is 1. The number of ether oxygens (including phenoxy) is 1. The maximum Gasteiger partial charge on any atom is 0.328 e. The molecule has 0 spiro atoms. The molecule has 20 heavy (non-hydrogen) atoms. The molecular weight excluding hydrogens is 282 g/mol. The number of carbonyl (C=O) groups is 2. The number of rotatable bonds is 3. The molecule has 1 atom stereocenters. The molecule has 0 aliphatic carbocycles. The molecular formula is C14H16ClNO4. The molecule has 2 rings (SSSR count). The van der Waals surface area contributed by atoms with E-state index in [1.807, 2.05) is 0 Å². The van der Waals surface area contributed by atoms with Crippen LogP contribution in [-0.2, 0) is 9.53 Å². The summed E-state index contributed by atoms with van der Waals surface area (Å²) in [5.74, 6) is -0.791. The second-order valence-corrected chi connectivity index (χ2v) is 4.98. The minimum absolute atomic E-state index is 0.0374. The van der Waals surface area contributed by atoms with Crippen molar-refractivity contribution in [3.8, 4) is 5.75 Å². The fourth-order valence-electron chi connectivity index (χ4n) is 2.33. The number of likely N-dealkylation sites (tertiary alicyclic amines) is 1. The number of phenols is 1. The van der Waals surface area contributed by atoms with Crippen LogP contribution in [0.25, 0.3) is 0 Å². The fourth-order valence-corrected chi connectivity index (χ4v) is 2.52. The van der Waals surface area contributed by atoms with Crippen LogP contribution in [0.5, 0.6) is 5.75 Å². The van der Waals surface area contributed by atoms with Gasteiger partial charge in [0.05, 0.1) is 17.2 Å². The molecule has 1 aliphatic rings. The minimum Gasteiger partial charge on any atom is -0.508 e. The third kappa shape index (κ3) is 2.88. The zero-order valence-corrected chi connectivity index (χ0v) is 11.9. The van der Waals surface area contributed by atoms with Crippen LogP contribution in [0.1, 0.15) is 30.1 Å². The summed E-state index contributed by atoms with van der Waals surface area (Å²) in [6, 6.07) is 3.61. The molecule has 1 saturated heterocycles. The summed E-state index contributed by atoms with van der Waals surface area (Å²) < 4.78 is 4.98. The Bertz CT molecular complexity index is 532. The van der Waals surface area contributed by atoms with Crippen molar-refractivity contribution in [2.24, 2.45) is 0 Å². The number of halogens is 1. The molecule has 108 valence electrons. The van der Waals surface area contributed by atoms with Gasteiger partial charge in [-0.15, -0.1) is 0 Å². The maximum absolute atomic E-state index is 12.5. The average molecular weight is 298 g/mol. The molecule has 1 aromatic rings. The number of nitrogens with zero attached hydrogens (tertiary/aromatic N) is 1. The fraction of sp³-hybridized carbons (Fsp3) is 0.429. The smallest absolute Gasteiger partial charge is 0.328 e. The summed E-state index contributed by atoms with van der Waals surface area (Å²) in [5.41, 5.74) is 0.197. The van der Waals surface area contributed by atoms with Gasteiger partial charge < -0.3 is 14.7 Å². The van der Waals surface area contributed by atoms with Gasteiger partial charge >= 0.3 is 5.97 Å². The molecule has 1 unspecified atom stereocenters.